The number of rotatable bonds is 3. The third kappa shape index (κ3) is 2.42. The number of aromatic nitrogens is 3. The van der Waals surface area contributed by atoms with Gasteiger partial charge < -0.3 is 10.3 Å². The molecule has 0 bridgehead atoms. The van der Waals surface area contributed by atoms with Crippen LogP contribution in [0.15, 0.2) is 29.8 Å². The van der Waals surface area contributed by atoms with Gasteiger partial charge in [-0.25, -0.2) is 9.97 Å². The highest BCUT2D eigenvalue weighted by Crippen LogP contribution is 2.24. The molecule has 0 spiro atoms. The Labute approximate surface area is 120 Å². The third-order valence-electron chi connectivity index (χ3n) is 2.91. The maximum Gasteiger partial charge on any atom is 0.226 e. The van der Waals surface area contributed by atoms with Crippen LogP contribution in [-0.4, -0.2) is 20.9 Å². The van der Waals surface area contributed by atoms with Gasteiger partial charge in [0.15, 0.2) is 10.8 Å². The van der Waals surface area contributed by atoms with Crippen LogP contribution in [0.5, 0.6) is 0 Å². The van der Waals surface area contributed by atoms with Gasteiger partial charge in [-0.2, -0.15) is 0 Å². The number of thiazole rings is 1. The fourth-order valence-corrected chi connectivity index (χ4v) is 2.40. The number of anilines is 1. The van der Waals surface area contributed by atoms with Crippen molar-refractivity contribution < 1.29 is 4.79 Å². The van der Waals surface area contributed by atoms with Crippen LogP contribution in [0.4, 0.5) is 5.69 Å². The number of hydrogen-bond donors (Lipinski definition) is 2. The maximum atomic E-state index is 11.7. The average Bonchev–Trinajstić information content (AvgIpc) is 3.06. The number of fused-ring (bicyclic) bond motifs is 1. The number of amides is 1. The number of hydrogen-bond acceptors (Lipinski definition) is 4. The molecule has 1 aromatic carbocycles. The van der Waals surface area contributed by atoms with E-state index < -0.39 is 0 Å². The van der Waals surface area contributed by atoms with E-state index in [0.717, 1.165) is 27.6 Å². The van der Waals surface area contributed by atoms with Gasteiger partial charge in [-0.15, -0.1) is 11.3 Å². The molecule has 6 heteroatoms. The summed E-state index contributed by atoms with van der Waals surface area (Å²) >= 11 is 1.54. The normalized spacial score (nSPS) is 11.2. The molecule has 0 aliphatic rings. The topological polar surface area (TPSA) is 70.7 Å². The third-order valence-corrected chi connectivity index (χ3v) is 3.69. The number of imidazole rings is 1. The van der Waals surface area contributed by atoms with Crippen molar-refractivity contribution in [1.29, 1.82) is 0 Å². The Hall–Kier alpha value is -2.21. The lowest BCUT2D eigenvalue weighted by Gasteiger charge is -2.07. The van der Waals surface area contributed by atoms with Crippen molar-refractivity contribution in [3.63, 3.8) is 0 Å². The standard InChI is InChI=1S/C14H14N4OS/c1-8(2)13(19)16-9-3-4-10-11(7-9)18-12(17-10)14-15-5-6-20-14/h3-8H,1-2H3,(H,16,19)(H,17,18). The van der Waals surface area contributed by atoms with Gasteiger partial charge in [-0.05, 0) is 18.2 Å². The number of carbonyl (C=O) groups is 1. The molecule has 0 unspecified atom stereocenters. The summed E-state index contributed by atoms with van der Waals surface area (Å²) in [6, 6.07) is 5.63. The van der Waals surface area contributed by atoms with E-state index in [4.69, 9.17) is 0 Å². The number of nitrogens with one attached hydrogen (secondary N) is 2. The molecule has 0 atom stereocenters. The largest absolute Gasteiger partial charge is 0.336 e. The highest BCUT2D eigenvalue weighted by molar-refractivity contribution is 7.13. The Morgan fingerprint density at radius 1 is 1.40 bits per heavy atom. The predicted molar refractivity (Wildman–Crippen MR) is 80.7 cm³/mol. The first-order chi connectivity index (χ1) is 9.63. The highest BCUT2D eigenvalue weighted by Gasteiger charge is 2.10. The summed E-state index contributed by atoms with van der Waals surface area (Å²) in [5.41, 5.74) is 2.51. The average molecular weight is 286 g/mol. The van der Waals surface area contributed by atoms with Gasteiger partial charge in [0, 0.05) is 23.2 Å². The van der Waals surface area contributed by atoms with Crippen LogP contribution in [0.1, 0.15) is 13.8 Å². The summed E-state index contributed by atoms with van der Waals surface area (Å²) in [6.07, 6.45) is 1.75. The van der Waals surface area contributed by atoms with Crippen LogP contribution in [0.3, 0.4) is 0 Å². The molecular formula is C14H14N4OS. The van der Waals surface area contributed by atoms with E-state index in [1.165, 1.54) is 11.3 Å². The first kappa shape index (κ1) is 12.8. The maximum absolute atomic E-state index is 11.7. The lowest BCUT2D eigenvalue weighted by Crippen LogP contribution is -2.17. The van der Waals surface area contributed by atoms with Gasteiger partial charge in [0.05, 0.1) is 11.0 Å². The van der Waals surface area contributed by atoms with Crippen LogP contribution < -0.4 is 5.32 Å². The van der Waals surface area contributed by atoms with Crippen molar-refractivity contribution in [2.45, 2.75) is 13.8 Å². The van der Waals surface area contributed by atoms with Gasteiger partial charge in [0.1, 0.15) is 0 Å². The SMILES string of the molecule is CC(C)C(=O)Nc1ccc2nc(-c3nccs3)[nH]c2c1. The summed E-state index contributed by atoms with van der Waals surface area (Å²) < 4.78 is 0. The van der Waals surface area contributed by atoms with Crippen molar-refractivity contribution in [3.8, 4) is 10.8 Å². The van der Waals surface area contributed by atoms with Crippen LogP contribution in [0.25, 0.3) is 21.9 Å². The van der Waals surface area contributed by atoms with Crippen LogP contribution in [0, 0.1) is 5.92 Å². The summed E-state index contributed by atoms with van der Waals surface area (Å²) in [6.45, 7) is 3.73. The second kappa shape index (κ2) is 5.05. The molecule has 0 fully saturated rings. The van der Waals surface area contributed by atoms with Gasteiger partial charge in [0.2, 0.25) is 5.91 Å². The zero-order valence-corrected chi connectivity index (χ0v) is 12.0. The van der Waals surface area contributed by atoms with Crippen LogP contribution in [0.2, 0.25) is 0 Å². The minimum absolute atomic E-state index is 0.00372. The van der Waals surface area contributed by atoms with E-state index in [1.54, 1.807) is 6.20 Å². The van der Waals surface area contributed by atoms with E-state index in [-0.39, 0.29) is 11.8 Å². The van der Waals surface area contributed by atoms with E-state index in [2.05, 4.69) is 20.3 Å². The lowest BCUT2D eigenvalue weighted by atomic mass is 10.2. The molecule has 0 saturated carbocycles. The first-order valence-corrected chi connectivity index (χ1v) is 7.22. The second-order valence-corrected chi connectivity index (χ2v) is 5.69. The number of carbonyl (C=O) groups excluding carboxylic acids is 1. The predicted octanol–water partition coefficient (Wildman–Crippen LogP) is 3.28. The summed E-state index contributed by atoms with van der Waals surface area (Å²) in [5, 5.41) is 5.65. The zero-order valence-electron chi connectivity index (χ0n) is 11.2. The van der Waals surface area contributed by atoms with Gasteiger partial charge >= 0.3 is 0 Å². The van der Waals surface area contributed by atoms with Crippen molar-refractivity contribution in [3.05, 3.63) is 29.8 Å². The fourth-order valence-electron chi connectivity index (χ4n) is 1.82. The monoisotopic (exact) mass is 286 g/mol. The molecule has 0 aliphatic carbocycles. The summed E-state index contributed by atoms with van der Waals surface area (Å²) in [4.78, 5) is 23.6. The van der Waals surface area contributed by atoms with E-state index in [1.807, 2.05) is 37.4 Å². The Balaban J connectivity index is 1.93. The lowest BCUT2D eigenvalue weighted by molar-refractivity contribution is -0.118. The fraction of sp³-hybridized carbons (Fsp3) is 0.214. The van der Waals surface area contributed by atoms with Crippen molar-refractivity contribution in [2.75, 3.05) is 5.32 Å². The molecule has 5 nitrogen and oxygen atoms in total. The van der Waals surface area contributed by atoms with E-state index in [0.29, 0.717) is 0 Å². The van der Waals surface area contributed by atoms with Crippen LogP contribution in [-0.2, 0) is 4.79 Å². The number of nitrogens with zero attached hydrogens (tertiary/aromatic N) is 2. The zero-order chi connectivity index (χ0) is 14.1. The minimum Gasteiger partial charge on any atom is -0.336 e. The second-order valence-electron chi connectivity index (χ2n) is 4.80. The molecule has 3 rings (SSSR count). The summed E-state index contributed by atoms with van der Waals surface area (Å²) in [7, 11) is 0. The molecule has 2 N–H and O–H groups in total. The molecule has 3 aromatic rings. The Kier molecular flexibility index (Phi) is 3.23. The number of aromatic amines is 1. The van der Waals surface area contributed by atoms with Crippen LogP contribution >= 0.6 is 11.3 Å². The Morgan fingerprint density at radius 2 is 2.25 bits per heavy atom. The molecule has 2 aromatic heterocycles. The first-order valence-electron chi connectivity index (χ1n) is 6.34. The summed E-state index contributed by atoms with van der Waals surface area (Å²) in [5.74, 6) is 0.713. The van der Waals surface area contributed by atoms with Gasteiger partial charge in [-0.3, -0.25) is 4.79 Å². The smallest absolute Gasteiger partial charge is 0.226 e. The molecule has 0 radical (unpaired) electrons. The molecular weight excluding hydrogens is 272 g/mol. The molecule has 1 amide bonds. The van der Waals surface area contributed by atoms with E-state index in [9.17, 15) is 4.79 Å². The minimum atomic E-state index is -0.0432. The molecule has 20 heavy (non-hydrogen) atoms. The Bertz CT molecular complexity index is 746. The van der Waals surface area contributed by atoms with Crippen molar-refractivity contribution >= 4 is 34.0 Å². The molecule has 2 heterocycles. The number of H-pyrrole nitrogens is 1. The van der Waals surface area contributed by atoms with Crippen molar-refractivity contribution in [1.82, 2.24) is 15.0 Å². The molecule has 102 valence electrons. The highest BCUT2D eigenvalue weighted by atomic mass is 32.1. The van der Waals surface area contributed by atoms with E-state index >= 15 is 0 Å². The molecule has 0 aliphatic heterocycles. The number of benzene rings is 1. The van der Waals surface area contributed by atoms with Gasteiger partial charge in [0.25, 0.3) is 0 Å². The quantitative estimate of drug-likeness (QED) is 0.776. The Morgan fingerprint density at radius 3 is 2.95 bits per heavy atom. The van der Waals surface area contributed by atoms with Crippen molar-refractivity contribution in [2.24, 2.45) is 5.92 Å². The van der Waals surface area contributed by atoms with Gasteiger partial charge in [-0.1, -0.05) is 13.8 Å². The molecule has 0 saturated heterocycles.